The van der Waals surface area contributed by atoms with Crippen molar-refractivity contribution in [2.24, 2.45) is 0 Å². The fourth-order valence-electron chi connectivity index (χ4n) is 2.80. The van der Waals surface area contributed by atoms with Gasteiger partial charge in [-0.15, -0.1) is 0 Å². The van der Waals surface area contributed by atoms with Crippen LogP contribution in [0.4, 0.5) is 11.4 Å². The molecular formula is C17H20N4O2. The highest BCUT2D eigenvalue weighted by Gasteiger charge is 2.24. The summed E-state index contributed by atoms with van der Waals surface area (Å²) in [4.78, 5) is 20.6. The number of hydrogen-bond acceptors (Lipinski definition) is 5. The minimum Gasteiger partial charge on any atom is -0.495 e. The molecule has 3 rings (SSSR count). The van der Waals surface area contributed by atoms with Crippen LogP contribution in [0.15, 0.2) is 42.7 Å². The third-order valence-electron chi connectivity index (χ3n) is 4.08. The predicted octanol–water partition coefficient (Wildman–Crippen LogP) is 1.63. The lowest BCUT2D eigenvalue weighted by Gasteiger charge is -2.36. The van der Waals surface area contributed by atoms with Crippen LogP contribution in [0.5, 0.6) is 5.75 Å². The summed E-state index contributed by atoms with van der Waals surface area (Å²) in [5, 5.41) is 0. The molecule has 2 heterocycles. The van der Waals surface area contributed by atoms with Crippen molar-refractivity contribution >= 4 is 17.3 Å². The predicted molar refractivity (Wildman–Crippen MR) is 89.8 cm³/mol. The van der Waals surface area contributed by atoms with Gasteiger partial charge in [-0.2, -0.15) is 0 Å². The third-order valence-corrected chi connectivity index (χ3v) is 4.08. The number of aromatic nitrogens is 1. The Morgan fingerprint density at radius 2 is 1.91 bits per heavy atom. The SMILES string of the molecule is COc1ccccc1N1CCN(C(=O)c2cnccc2N)CC1. The molecule has 23 heavy (non-hydrogen) atoms. The van der Waals surface area contributed by atoms with Crippen molar-refractivity contribution in [1.82, 2.24) is 9.88 Å². The fourth-order valence-corrected chi connectivity index (χ4v) is 2.80. The van der Waals surface area contributed by atoms with E-state index in [2.05, 4.69) is 9.88 Å². The van der Waals surface area contributed by atoms with Gasteiger partial charge in [-0.25, -0.2) is 0 Å². The highest BCUT2D eigenvalue weighted by atomic mass is 16.5. The second-order valence-electron chi connectivity index (χ2n) is 5.41. The summed E-state index contributed by atoms with van der Waals surface area (Å²) in [6.07, 6.45) is 3.12. The van der Waals surface area contributed by atoms with E-state index in [1.807, 2.05) is 29.2 Å². The summed E-state index contributed by atoms with van der Waals surface area (Å²) in [5.74, 6) is 0.791. The molecule has 2 aromatic rings. The summed E-state index contributed by atoms with van der Waals surface area (Å²) < 4.78 is 5.41. The van der Waals surface area contributed by atoms with Gasteiger partial charge in [0.15, 0.2) is 0 Å². The Labute approximate surface area is 135 Å². The lowest BCUT2D eigenvalue weighted by Crippen LogP contribution is -2.49. The number of methoxy groups -OCH3 is 1. The van der Waals surface area contributed by atoms with E-state index in [4.69, 9.17) is 10.5 Å². The standard InChI is InChI=1S/C17H20N4O2/c1-23-16-5-3-2-4-15(16)20-8-10-21(11-9-20)17(22)13-12-19-7-6-14(13)18/h2-7,12H,8-11H2,1H3,(H2,18,19). The van der Waals surface area contributed by atoms with Gasteiger partial charge >= 0.3 is 0 Å². The van der Waals surface area contributed by atoms with Crippen LogP contribution in [0.1, 0.15) is 10.4 Å². The number of benzene rings is 1. The Morgan fingerprint density at radius 3 is 2.61 bits per heavy atom. The number of nitrogens with zero attached hydrogens (tertiary/aromatic N) is 3. The fraction of sp³-hybridized carbons (Fsp3) is 0.294. The molecule has 0 saturated carbocycles. The normalized spacial score (nSPS) is 14.7. The van der Waals surface area contributed by atoms with Gasteiger partial charge in [-0.1, -0.05) is 12.1 Å². The van der Waals surface area contributed by atoms with Crippen LogP contribution < -0.4 is 15.4 Å². The maximum atomic E-state index is 12.5. The number of amides is 1. The molecule has 0 radical (unpaired) electrons. The van der Waals surface area contributed by atoms with E-state index >= 15 is 0 Å². The second-order valence-corrected chi connectivity index (χ2v) is 5.41. The summed E-state index contributed by atoms with van der Waals surface area (Å²) in [5.41, 5.74) is 7.87. The minimum atomic E-state index is -0.0599. The van der Waals surface area contributed by atoms with E-state index < -0.39 is 0 Å². The molecule has 0 spiro atoms. The molecule has 1 aromatic carbocycles. The van der Waals surface area contributed by atoms with E-state index in [-0.39, 0.29) is 5.91 Å². The maximum Gasteiger partial charge on any atom is 0.257 e. The van der Waals surface area contributed by atoms with Crippen molar-refractivity contribution in [2.45, 2.75) is 0 Å². The van der Waals surface area contributed by atoms with Crippen LogP contribution in [0.3, 0.4) is 0 Å². The molecule has 2 N–H and O–H groups in total. The van der Waals surface area contributed by atoms with Crippen molar-refractivity contribution in [3.8, 4) is 5.75 Å². The number of hydrogen-bond donors (Lipinski definition) is 1. The molecule has 1 aliphatic heterocycles. The van der Waals surface area contributed by atoms with Crippen LogP contribution in [0, 0.1) is 0 Å². The molecule has 1 amide bonds. The van der Waals surface area contributed by atoms with Crippen LogP contribution in [-0.2, 0) is 0 Å². The lowest BCUT2D eigenvalue weighted by atomic mass is 10.2. The number of piperazine rings is 1. The first-order valence-electron chi connectivity index (χ1n) is 7.57. The smallest absolute Gasteiger partial charge is 0.257 e. The molecule has 0 unspecified atom stereocenters. The van der Waals surface area contributed by atoms with Gasteiger partial charge in [-0.05, 0) is 18.2 Å². The third kappa shape index (κ3) is 3.06. The van der Waals surface area contributed by atoms with Gasteiger partial charge in [0.05, 0.1) is 18.4 Å². The second kappa shape index (κ2) is 6.56. The zero-order valence-corrected chi connectivity index (χ0v) is 13.1. The minimum absolute atomic E-state index is 0.0599. The molecule has 6 nitrogen and oxygen atoms in total. The maximum absolute atomic E-state index is 12.5. The lowest BCUT2D eigenvalue weighted by molar-refractivity contribution is 0.0747. The van der Waals surface area contributed by atoms with Gasteiger partial charge in [0, 0.05) is 44.3 Å². The van der Waals surface area contributed by atoms with Gasteiger partial charge in [0.1, 0.15) is 5.75 Å². The molecule has 1 aromatic heterocycles. The van der Waals surface area contributed by atoms with Crippen molar-refractivity contribution in [1.29, 1.82) is 0 Å². The topological polar surface area (TPSA) is 71.7 Å². The van der Waals surface area contributed by atoms with Crippen molar-refractivity contribution in [3.05, 3.63) is 48.3 Å². The molecule has 1 fully saturated rings. The molecular weight excluding hydrogens is 292 g/mol. The highest BCUT2D eigenvalue weighted by molar-refractivity contribution is 5.98. The van der Waals surface area contributed by atoms with Crippen LogP contribution >= 0.6 is 0 Å². The molecule has 1 saturated heterocycles. The highest BCUT2D eigenvalue weighted by Crippen LogP contribution is 2.28. The average Bonchev–Trinajstić information content (AvgIpc) is 2.61. The number of carbonyl (C=O) groups is 1. The van der Waals surface area contributed by atoms with Gasteiger partial charge in [0.2, 0.25) is 0 Å². The monoisotopic (exact) mass is 312 g/mol. The Morgan fingerprint density at radius 1 is 1.17 bits per heavy atom. The largest absolute Gasteiger partial charge is 0.495 e. The molecule has 6 heteroatoms. The van der Waals surface area contributed by atoms with Crippen molar-refractivity contribution in [3.63, 3.8) is 0 Å². The number of para-hydroxylation sites is 2. The first kappa shape index (κ1) is 15.1. The molecule has 0 aliphatic carbocycles. The van der Waals surface area contributed by atoms with Gasteiger partial charge < -0.3 is 20.3 Å². The quantitative estimate of drug-likeness (QED) is 0.933. The van der Waals surface area contributed by atoms with Gasteiger partial charge in [0.25, 0.3) is 5.91 Å². The van der Waals surface area contributed by atoms with Crippen LogP contribution in [0.2, 0.25) is 0 Å². The zero-order chi connectivity index (χ0) is 16.2. The van der Waals surface area contributed by atoms with Gasteiger partial charge in [-0.3, -0.25) is 9.78 Å². The molecule has 0 atom stereocenters. The first-order chi connectivity index (χ1) is 11.2. The summed E-state index contributed by atoms with van der Waals surface area (Å²) in [6, 6.07) is 9.58. The number of nitrogens with two attached hydrogens (primary N) is 1. The van der Waals surface area contributed by atoms with E-state index in [0.29, 0.717) is 24.3 Å². The summed E-state index contributed by atoms with van der Waals surface area (Å²) >= 11 is 0. The van der Waals surface area contributed by atoms with E-state index in [0.717, 1.165) is 24.5 Å². The van der Waals surface area contributed by atoms with Crippen LogP contribution in [-0.4, -0.2) is 49.1 Å². The number of rotatable bonds is 3. The first-order valence-corrected chi connectivity index (χ1v) is 7.57. The average molecular weight is 312 g/mol. The zero-order valence-electron chi connectivity index (χ0n) is 13.1. The van der Waals surface area contributed by atoms with Crippen molar-refractivity contribution in [2.75, 3.05) is 43.9 Å². The van der Waals surface area contributed by atoms with E-state index in [9.17, 15) is 4.79 Å². The molecule has 0 bridgehead atoms. The number of nitrogen functional groups attached to an aromatic ring is 1. The summed E-state index contributed by atoms with van der Waals surface area (Å²) in [6.45, 7) is 2.80. The number of carbonyl (C=O) groups excluding carboxylic acids is 1. The van der Waals surface area contributed by atoms with Crippen molar-refractivity contribution < 1.29 is 9.53 Å². The number of ether oxygens (including phenoxy) is 1. The number of pyridine rings is 1. The molecule has 1 aliphatic rings. The summed E-state index contributed by atoms with van der Waals surface area (Å²) in [7, 11) is 1.67. The van der Waals surface area contributed by atoms with E-state index in [1.165, 1.54) is 6.20 Å². The van der Waals surface area contributed by atoms with Crippen LogP contribution in [0.25, 0.3) is 0 Å². The van der Waals surface area contributed by atoms with E-state index in [1.54, 1.807) is 19.4 Å². The Hall–Kier alpha value is -2.76. The number of anilines is 2. The Kier molecular flexibility index (Phi) is 4.32. The Bertz CT molecular complexity index is 696. The molecule has 120 valence electrons. The Balaban J connectivity index is 1.69.